The molecule has 10 heteroatoms. The van der Waals surface area contributed by atoms with Crippen molar-refractivity contribution in [2.45, 2.75) is 31.5 Å². The summed E-state index contributed by atoms with van der Waals surface area (Å²) in [5, 5.41) is 2.52. The smallest absolute Gasteiger partial charge is 0.387 e. The van der Waals surface area contributed by atoms with E-state index < -0.39 is 35.1 Å². The van der Waals surface area contributed by atoms with Gasteiger partial charge in [-0.1, -0.05) is 23.7 Å². The number of nitrogens with zero attached hydrogens (tertiary/aromatic N) is 2. The van der Waals surface area contributed by atoms with Crippen LogP contribution >= 0.6 is 11.6 Å². The maximum absolute atomic E-state index is 13.9. The SMILES string of the molecule is C[C@@]1(c2cccc(NC(=O)c3ncc(Cl)cc3F)c2)CC(C(F)(F)F)CC(N)=N1. The van der Waals surface area contributed by atoms with Gasteiger partial charge in [0.15, 0.2) is 11.5 Å². The Morgan fingerprint density at radius 2 is 2.07 bits per heavy atom. The lowest BCUT2D eigenvalue weighted by Gasteiger charge is -2.36. The van der Waals surface area contributed by atoms with Gasteiger partial charge in [0.1, 0.15) is 0 Å². The number of benzene rings is 1. The van der Waals surface area contributed by atoms with Crippen LogP contribution in [-0.4, -0.2) is 22.9 Å². The molecule has 1 aliphatic heterocycles. The summed E-state index contributed by atoms with van der Waals surface area (Å²) in [6.45, 7) is 1.55. The summed E-state index contributed by atoms with van der Waals surface area (Å²) in [6, 6.07) is 7.13. The molecular formula is C19H17ClF4N4O. The molecule has 1 aromatic heterocycles. The van der Waals surface area contributed by atoms with Crippen molar-refractivity contribution >= 4 is 29.0 Å². The van der Waals surface area contributed by atoms with Gasteiger partial charge in [-0.05, 0) is 37.1 Å². The summed E-state index contributed by atoms with van der Waals surface area (Å²) in [5.41, 5.74) is 4.71. The Morgan fingerprint density at radius 3 is 2.72 bits per heavy atom. The highest BCUT2D eigenvalue weighted by atomic mass is 35.5. The summed E-state index contributed by atoms with van der Waals surface area (Å²) in [7, 11) is 0. The quantitative estimate of drug-likeness (QED) is 0.697. The van der Waals surface area contributed by atoms with E-state index in [0.29, 0.717) is 5.56 Å². The molecule has 3 rings (SSSR count). The van der Waals surface area contributed by atoms with Crippen LogP contribution in [0.25, 0.3) is 0 Å². The largest absolute Gasteiger partial charge is 0.392 e. The van der Waals surface area contributed by atoms with Crippen LogP contribution < -0.4 is 11.1 Å². The molecule has 0 fully saturated rings. The predicted molar refractivity (Wildman–Crippen MR) is 101 cm³/mol. The van der Waals surface area contributed by atoms with Gasteiger partial charge in [0.25, 0.3) is 5.91 Å². The molecular weight excluding hydrogens is 412 g/mol. The fourth-order valence-corrected chi connectivity index (χ4v) is 3.48. The fourth-order valence-electron chi connectivity index (χ4n) is 3.33. The highest BCUT2D eigenvalue weighted by molar-refractivity contribution is 6.30. The molecule has 0 aliphatic carbocycles. The number of hydrogen-bond donors (Lipinski definition) is 2. The number of rotatable bonds is 3. The van der Waals surface area contributed by atoms with Crippen LogP contribution in [0.3, 0.4) is 0 Å². The van der Waals surface area contributed by atoms with Crippen LogP contribution in [0.4, 0.5) is 23.2 Å². The Hall–Kier alpha value is -2.68. The number of nitrogens with one attached hydrogen (secondary N) is 1. The monoisotopic (exact) mass is 428 g/mol. The molecule has 1 unspecified atom stereocenters. The molecule has 154 valence electrons. The number of nitrogens with two attached hydrogens (primary N) is 1. The summed E-state index contributed by atoms with van der Waals surface area (Å²) in [5.74, 6) is -3.41. The summed E-state index contributed by atoms with van der Waals surface area (Å²) >= 11 is 5.62. The van der Waals surface area contributed by atoms with E-state index >= 15 is 0 Å². The highest BCUT2D eigenvalue weighted by Crippen LogP contribution is 2.44. The van der Waals surface area contributed by atoms with Crippen LogP contribution in [0.15, 0.2) is 41.5 Å². The number of aromatic nitrogens is 1. The lowest BCUT2D eigenvalue weighted by Crippen LogP contribution is -2.40. The normalized spacial score (nSPS) is 22.1. The van der Waals surface area contributed by atoms with Gasteiger partial charge in [0, 0.05) is 18.3 Å². The van der Waals surface area contributed by atoms with Gasteiger partial charge in [-0.2, -0.15) is 13.2 Å². The number of aliphatic imine (C=N–C) groups is 1. The first-order valence-electron chi connectivity index (χ1n) is 8.62. The van der Waals surface area contributed by atoms with Gasteiger partial charge < -0.3 is 11.1 Å². The number of halogens is 5. The molecule has 5 nitrogen and oxygen atoms in total. The Bertz CT molecular complexity index is 979. The minimum atomic E-state index is -4.40. The van der Waals surface area contributed by atoms with Crippen LogP contribution in [0.5, 0.6) is 0 Å². The number of alkyl halides is 3. The Labute approximate surface area is 169 Å². The molecule has 3 N–H and O–H groups in total. The van der Waals surface area contributed by atoms with Crippen molar-refractivity contribution in [2.75, 3.05) is 5.32 Å². The van der Waals surface area contributed by atoms with E-state index in [2.05, 4.69) is 15.3 Å². The molecule has 0 bridgehead atoms. The minimum absolute atomic E-state index is 0.0425. The second kappa shape index (κ2) is 7.62. The zero-order chi connectivity index (χ0) is 21.4. The van der Waals surface area contributed by atoms with Crippen molar-refractivity contribution in [3.05, 3.63) is 58.6 Å². The number of amidine groups is 1. The van der Waals surface area contributed by atoms with Crippen molar-refractivity contribution in [2.24, 2.45) is 16.6 Å². The van der Waals surface area contributed by atoms with Crippen molar-refractivity contribution < 1.29 is 22.4 Å². The minimum Gasteiger partial charge on any atom is -0.387 e. The van der Waals surface area contributed by atoms with E-state index in [0.717, 1.165) is 12.3 Å². The molecule has 1 amide bonds. The second-order valence-corrected chi connectivity index (χ2v) is 7.48. The first-order valence-corrected chi connectivity index (χ1v) is 8.99. The average Bonchev–Trinajstić information content (AvgIpc) is 2.60. The van der Waals surface area contributed by atoms with Crippen LogP contribution in [0, 0.1) is 11.7 Å². The van der Waals surface area contributed by atoms with E-state index in [-0.39, 0.29) is 29.4 Å². The first-order chi connectivity index (χ1) is 13.5. The lowest BCUT2D eigenvalue weighted by molar-refractivity contribution is -0.179. The number of carbonyl (C=O) groups excluding carboxylic acids is 1. The van der Waals surface area contributed by atoms with Crippen LogP contribution in [-0.2, 0) is 5.54 Å². The van der Waals surface area contributed by atoms with Crippen LogP contribution in [0.2, 0.25) is 5.02 Å². The van der Waals surface area contributed by atoms with E-state index in [1.165, 1.54) is 12.1 Å². The Balaban J connectivity index is 1.87. The highest BCUT2D eigenvalue weighted by Gasteiger charge is 2.47. The Morgan fingerprint density at radius 1 is 1.34 bits per heavy atom. The number of carbonyl (C=O) groups is 1. The van der Waals surface area contributed by atoms with Crippen molar-refractivity contribution in [1.29, 1.82) is 0 Å². The number of hydrogen-bond acceptors (Lipinski definition) is 4. The molecule has 1 aromatic carbocycles. The number of anilines is 1. The second-order valence-electron chi connectivity index (χ2n) is 7.04. The number of pyridine rings is 1. The van der Waals surface area contributed by atoms with E-state index in [1.807, 2.05) is 0 Å². The third-order valence-electron chi connectivity index (χ3n) is 4.72. The zero-order valence-corrected chi connectivity index (χ0v) is 16.0. The topological polar surface area (TPSA) is 80.4 Å². The van der Waals surface area contributed by atoms with Gasteiger partial charge >= 0.3 is 6.18 Å². The molecule has 0 radical (unpaired) electrons. The molecule has 0 saturated carbocycles. The van der Waals surface area contributed by atoms with Gasteiger partial charge in [-0.3, -0.25) is 9.79 Å². The van der Waals surface area contributed by atoms with E-state index in [1.54, 1.807) is 19.1 Å². The summed E-state index contributed by atoms with van der Waals surface area (Å²) < 4.78 is 53.7. The fraction of sp³-hybridized carbons (Fsp3) is 0.316. The third kappa shape index (κ3) is 4.67. The molecule has 2 atom stereocenters. The van der Waals surface area contributed by atoms with E-state index in [4.69, 9.17) is 17.3 Å². The Kier molecular flexibility index (Phi) is 5.53. The molecule has 2 aromatic rings. The number of amides is 1. The van der Waals surface area contributed by atoms with E-state index in [9.17, 15) is 22.4 Å². The molecule has 0 spiro atoms. The zero-order valence-electron chi connectivity index (χ0n) is 15.2. The first kappa shape index (κ1) is 21.0. The maximum Gasteiger partial charge on any atom is 0.392 e. The standard InChI is InChI=1S/C19H17ClF4N4O/c1-18(8-11(19(22,23)24)6-15(25)28-18)10-3-2-4-13(5-10)27-17(29)16-14(21)7-12(20)9-26-16/h2-5,7,9,11H,6,8H2,1H3,(H2,25,28)(H,27,29)/t11?,18-/m0/s1. The predicted octanol–water partition coefficient (Wildman–Crippen LogP) is 4.67. The molecule has 2 heterocycles. The summed E-state index contributed by atoms with van der Waals surface area (Å²) in [4.78, 5) is 20.2. The van der Waals surface area contributed by atoms with Gasteiger partial charge in [-0.25, -0.2) is 9.37 Å². The van der Waals surface area contributed by atoms with Gasteiger partial charge in [0.2, 0.25) is 0 Å². The van der Waals surface area contributed by atoms with Gasteiger partial charge in [0.05, 0.1) is 22.3 Å². The summed E-state index contributed by atoms with van der Waals surface area (Å²) in [6.07, 6.45) is -3.89. The van der Waals surface area contributed by atoms with Crippen molar-refractivity contribution in [3.63, 3.8) is 0 Å². The average molecular weight is 429 g/mol. The maximum atomic E-state index is 13.9. The molecule has 0 saturated heterocycles. The van der Waals surface area contributed by atoms with Crippen LogP contribution in [0.1, 0.15) is 35.8 Å². The van der Waals surface area contributed by atoms with Crippen molar-refractivity contribution in [3.8, 4) is 0 Å². The van der Waals surface area contributed by atoms with Crippen molar-refractivity contribution in [1.82, 2.24) is 4.98 Å². The van der Waals surface area contributed by atoms with Gasteiger partial charge in [-0.15, -0.1) is 0 Å². The molecule has 1 aliphatic rings. The molecule has 29 heavy (non-hydrogen) atoms. The lowest BCUT2D eigenvalue weighted by atomic mass is 9.79. The third-order valence-corrected chi connectivity index (χ3v) is 4.92.